The van der Waals surface area contributed by atoms with Crippen LogP contribution in [0, 0.1) is 17.2 Å². The molecule has 21 heavy (non-hydrogen) atoms. The first-order valence-electron chi connectivity index (χ1n) is 7.36. The Morgan fingerprint density at radius 2 is 2.24 bits per heavy atom. The second kappa shape index (κ2) is 4.32. The molecule has 2 fully saturated rings. The summed E-state index contributed by atoms with van der Waals surface area (Å²) in [6.45, 7) is 3.29. The summed E-state index contributed by atoms with van der Waals surface area (Å²) in [5, 5.41) is 10.3. The number of hydrogen-bond donors (Lipinski definition) is 2. The van der Waals surface area contributed by atoms with E-state index in [1.54, 1.807) is 13.3 Å². The van der Waals surface area contributed by atoms with Gasteiger partial charge in [-0.2, -0.15) is 0 Å². The van der Waals surface area contributed by atoms with Gasteiger partial charge in [-0.15, -0.1) is 0 Å². The predicted octanol–water partition coefficient (Wildman–Crippen LogP) is 1.10. The molecule has 4 rings (SSSR count). The Morgan fingerprint density at radius 3 is 2.90 bits per heavy atom. The van der Waals surface area contributed by atoms with E-state index in [1.165, 1.54) is 5.70 Å². The maximum atomic E-state index is 11.4. The maximum Gasteiger partial charge on any atom is 0.219 e. The Morgan fingerprint density at radius 1 is 1.52 bits per heavy atom. The van der Waals surface area contributed by atoms with Crippen molar-refractivity contribution in [2.75, 3.05) is 13.1 Å². The molecular formula is C14H18BrN5O. The number of allylic oxidation sites excluding steroid dienone is 1. The van der Waals surface area contributed by atoms with Crippen LogP contribution in [0.2, 0.25) is 0 Å². The van der Waals surface area contributed by atoms with E-state index in [9.17, 15) is 4.79 Å². The van der Waals surface area contributed by atoms with E-state index in [0.717, 1.165) is 25.9 Å². The summed E-state index contributed by atoms with van der Waals surface area (Å²) in [6.07, 6.45) is 5.88. The van der Waals surface area contributed by atoms with Crippen LogP contribution in [0.4, 0.5) is 0 Å². The number of carbonyl (C=O) groups is 1. The zero-order chi connectivity index (χ0) is 14.8. The van der Waals surface area contributed by atoms with Gasteiger partial charge in [0.1, 0.15) is 11.9 Å². The van der Waals surface area contributed by atoms with Gasteiger partial charge in [-0.1, -0.05) is 22.0 Å². The van der Waals surface area contributed by atoms with Gasteiger partial charge in [0.2, 0.25) is 5.91 Å². The third kappa shape index (κ3) is 1.61. The minimum atomic E-state index is -0.318. The van der Waals surface area contributed by atoms with Crippen LogP contribution in [0.25, 0.3) is 0 Å². The van der Waals surface area contributed by atoms with Crippen LogP contribution in [0.3, 0.4) is 0 Å². The number of nitrogens with one attached hydrogen (secondary N) is 2. The average molecular weight is 352 g/mol. The number of aliphatic imine (C=N–C) groups is 1. The molecule has 1 saturated heterocycles. The van der Waals surface area contributed by atoms with Gasteiger partial charge in [0, 0.05) is 37.5 Å². The van der Waals surface area contributed by atoms with Gasteiger partial charge in [0.25, 0.3) is 0 Å². The molecule has 1 aliphatic carbocycles. The van der Waals surface area contributed by atoms with Crippen LogP contribution in [0.15, 0.2) is 16.8 Å². The first-order chi connectivity index (χ1) is 10.1. The molecule has 1 saturated carbocycles. The highest BCUT2D eigenvalue weighted by Gasteiger charge is 2.74. The van der Waals surface area contributed by atoms with E-state index in [-0.39, 0.29) is 16.3 Å². The number of nitrogens with zero attached hydrogens (tertiary/aromatic N) is 3. The van der Waals surface area contributed by atoms with Crippen LogP contribution in [0.1, 0.15) is 19.8 Å². The van der Waals surface area contributed by atoms with Crippen molar-refractivity contribution in [3.63, 3.8) is 0 Å². The Balaban J connectivity index is 1.55. The molecule has 3 unspecified atom stereocenters. The SMILES string of the molecule is CC(=O)N1CCC(C2=CC3C(Br)C34C(=N)N=CNN24)CC1. The van der Waals surface area contributed by atoms with Gasteiger partial charge >= 0.3 is 0 Å². The summed E-state index contributed by atoms with van der Waals surface area (Å²) in [5.74, 6) is 1.38. The zero-order valence-corrected chi connectivity index (χ0v) is 13.4. The first kappa shape index (κ1) is 13.3. The van der Waals surface area contributed by atoms with Gasteiger partial charge < -0.3 is 4.90 Å². The number of likely N-dealkylation sites (tertiary alicyclic amines) is 1. The van der Waals surface area contributed by atoms with Crippen molar-refractivity contribution in [1.29, 1.82) is 5.41 Å². The number of halogens is 1. The van der Waals surface area contributed by atoms with Gasteiger partial charge in [0.05, 0.1) is 4.83 Å². The molecule has 2 N–H and O–H groups in total. The van der Waals surface area contributed by atoms with Crippen LogP contribution < -0.4 is 5.43 Å². The van der Waals surface area contributed by atoms with Crippen molar-refractivity contribution in [3.8, 4) is 0 Å². The maximum absolute atomic E-state index is 11.4. The molecule has 3 atom stereocenters. The van der Waals surface area contributed by atoms with Crippen molar-refractivity contribution in [3.05, 3.63) is 11.8 Å². The fourth-order valence-corrected chi connectivity index (χ4v) is 5.08. The smallest absolute Gasteiger partial charge is 0.219 e. The lowest BCUT2D eigenvalue weighted by molar-refractivity contribution is -0.130. The molecule has 1 spiro atoms. The zero-order valence-electron chi connectivity index (χ0n) is 11.8. The molecule has 7 heteroatoms. The average Bonchev–Trinajstić information content (AvgIpc) is 2.89. The summed E-state index contributed by atoms with van der Waals surface area (Å²) < 4.78 is 0. The van der Waals surface area contributed by atoms with Crippen LogP contribution in [-0.2, 0) is 4.79 Å². The van der Waals surface area contributed by atoms with Crippen LogP contribution >= 0.6 is 15.9 Å². The van der Waals surface area contributed by atoms with E-state index in [4.69, 9.17) is 5.41 Å². The third-order valence-corrected chi connectivity index (χ3v) is 6.50. The molecule has 6 nitrogen and oxygen atoms in total. The first-order valence-corrected chi connectivity index (χ1v) is 8.27. The normalized spacial score (nSPS) is 37.8. The molecular weight excluding hydrogens is 334 g/mol. The standard InChI is InChI=1S/C14H18BrN5O/c1-8(21)19-4-2-9(3-5-19)11-6-10-12(15)14(10)13(16)17-7-18-20(11)14/h6-7,9-10,12H,2-5H2,1H3,(H2,16,17,18). The lowest BCUT2D eigenvalue weighted by Gasteiger charge is -2.40. The molecule has 0 bridgehead atoms. The number of rotatable bonds is 1. The van der Waals surface area contributed by atoms with E-state index >= 15 is 0 Å². The monoisotopic (exact) mass is 351 g/mol. The lowest BCUT2D eigenvalue weighted by atomic mass is 9.92. The Kier molecular flexibility index (Phi) is 2.73. The number of amidine groups is 1. The molecule has 4 aliphatic rings. The highest BCUT2D eigenvalue weighted by molar-refractivity contribution is 9.09. The van der Waals surface area contributed by atoms with Gasteiger partial charge in [-0.3, -0.25) is 20.6 Å². The Bertz CT molecular complexity index is 580. The predicted molar refractivity (Wildman–Crippen MR) is 83.2 cm³/mol. The summed E-state index contributed by atoms with van der Waals surface area (Å²) in [7, 11) is 0. The number of carbonyl (C=O) groups excluding carboxylic acids is 1. The summed E-state index contributed by atoms with van der Waals surface area (Å²) >= 11 is 3.68. The van der Waals surface area contributed by atoms with Gasteiger partial charge in [0.15, 0.2) is 5.84 Å². The molecule has 3 heterocycles. The summed E-state index contributed by atoms with van der Waals surface area (Å²) in [6, 6.07) is 0. The number of hydrogen-bond acceptors (Lipinski definition) is 4. The molecule has 0 aromatic carbocycles. The van der Waals surface area contributed by atoms with Crippen molar-refractivity contribution in [2.45, 2.75) is 30.1 Å². The molecule has 1 amide bonds. The summed E-state index contributed by atoms with van der Waals surface area (Å²) in [4.78, 5) is 17.8. The van der Waals surface area contributed by atoms with Crippen LogP contribution in [-0.4, -0.2) is 51.4 Å². The highest BCUT2D eigenvalue weighted by Crippen LogP contribution is 2.62. The number of alkyl halides is 1. The topological polar surface area (TPSA) is 71.8 Å². The fraction of sp³-hybridized carbons (Fsp3) is 0.643. The number of piperidine rings is 1. The van der Waals surface area contributed by atoms with Crippen molar-refractivity contribution in [1.82, 2.24) is 15.3 Å². The highest BCUT2D eigenvalue weighted by atomic mass is 79.9. The number of hydrazine groups is 1. The van der Waals surface area contributed by atoms with E-state index < -0.39 is 0 Å². The Labute approximate surface area is 131 Å². The minimum Gasteiger partial charge on any atom is -0.343 e. The van der Waals surface area contributed by atoms with E-state index in [1.807, 2.05) is 4.90 Å². The third-order valence-electron chi connectivity index (χ3n) is 5.23. The van der Waals surface area contributed by atoms with Crippen LogP contribution in [0.5, 0.6) is 0 Å². The number of amides is 1. The van der Waals surface area contributed by atoms with Gasteiger partial charge in [-0.05, 0) is 12.8 Å². The van der Waals surface area contributed by atoms with Crippen molar-refractivity contribution >= 4 is 34.0 Å². The molecule has 0 radical (unpaired) electrons. The minimum absolute atomic E-state index is 0.165. The fourth-order valence-electron chi connectivity index (χ4n) is 3.95. The lowest BCUT2D eigenvalue weighted by Crippen LogP contribution is -2.55. The summed E-state index contributed by atoms with van der Waals surface area (Å²) in [5.41, 5.74) is 4.18. The second-order valence-corrected chi connectivity index (χ2v) is 7.18. The van der Waals surface area contributed by atoms with Gasteiger partial charge in [-0.25, -0.2) is 4.99 Å². The van der Waals surface area contributed by atoms with Crippen molar-refractivity contribution < 1.29 is 4.79 Å². The Hall–Kier alpha value is -1.37. The largest absolute Gasteiger partial charge is 0.343 e. The van der Waals surface area contributed by atoms with E-state index in [2.05, 4.69) is 37.4 Å². The second-order valence-electron chi connectivity index (χ2n) is 6.20. The molecule has 0 aromatic rings. The van der Waals surface area contributed by atoms with Crippen molar-refractivity contribution in [2.24, 2.45) is 16.8 Å². The molecule has 3 aliphatic heterocycles. The quantitative estimate of drug-likeness (QED) is 0.695. The molecule has 112 valence electrons. The molecule has 0 aromatic heterocycles. The van der Waals surface area contributed by atoms with E-state index in [0.29, 0.717) is 17.7 Å².